The molecular formula is C13H19NO4. The van der Waals surface area contributed by atoms with Gasteiger partial charge in [0, 0.05) is 19.7 Å². The van der Waals surface area contributed by atoms with E-state index in [4.69, 9.17) is 9.84 Å². The molecule has 0 saturated carbocycles. The average Bonchev–Trinajstić information content (AvgIpc) is 2.73. The number of unbranched alkanes of at least 4 members (excludes halogenated alkanes) is 3. The van der Waals surface area contributed by atoms with Gasteiger partial charge in [-0.2, -0.15) is 0 Å². The molecule has 5 nitrogen and oxygen atoms in total. The van der Waals surface area contributed by atoms with Crippen LogP contribution < -0.4 is 0 Å². The summed E-state index contributed by atoms with van der Waals surface area (Å²) in [6.45, 7) is 0.386. The molecule has 0 bridgehead atoms. The van der Waals surface area contributed by atoms with Gasteiger partial charge in [-0.05, 0) is 25.0 Å². The van der Waals surface area contributed by atoms with Crippen molar-refractivity contribution in [3.63, 3.8) is 0 Å². The molecule has 18 heavy (non-hydrogen) atoms. The Morgan fingerprint density at radius 1 is 1.28 bits per heavy atom. The standard InChI is InChI=1S/C13H19NO4/c1-14-9-6-7-11(14)13(17)18-10-5-3-2-4-8-12(15)16/h6-7,9H,2-5,8,10H2,1H3,(H,15,16). The van der Waals surface area contributed by atoms with Gasteiger partial charge >= 0.3 is 11.9 Å². The number of aliphatic carboxylic acids is 1. The number of nitrogens with zero attached hydrogens (tertiary/aromatic N) is 1. The normalized spacial score (nSPS) is 10.3. The summed E-state index contributed by atoms with van der Waals surface area (Å²) in [6.07, 6.45) is 5.20. The summed E-state index contributed by atoms with van der Waals surface area (Å²) >= 11 is 0. The van der Waals surface area contributed by atoms with Crippen LogP contribution in [0.5, 0.6) is 0 Å². The number of carboxylic acids is 1. The number of aryl methyl sites for hydroxylation is 1. The van der Waals surface area contributed by atoms with E-state index in [2.05, 4.69) is 0 Å². The molecule has 1 aromatic rings. The van der Waals surface area contributed by atoms with Crippen LogP contribution in [0, 0.1) is 0 Å². The molecule has 1 heterocycles. The molecule has 0 fully saturated rings. The maximum atomic E-state index is 11.6. The van der Waals surface area contributed by atoms with Gasteiger partial charge in [-0.1, -0.05) is 12.8 Å². The van der Waals surface area contributed by atoms with Crippen molar-refractivity contribution < 1.29 is 19.4 Å². The molecule has 0 spiro atoms. The first-order valence-corrected chi connectivity index (χ1v) is 6.11. The van der Waals surface area contributed by atoms with Gasteiger partial charge in [0.15, 0.2) is 0 Å². The SMILES string of the molecule is Cn1cccc1C(=O)OCCCCCCC(=O)O. The first-order valence-electron chi connectivity index (χ1n) is 6.11. The number of carboxylic acid groups (broad SMARTS) is 1. The Hall–Kier alpha value is -1.78. The van der Waals surface area contributed by atoms with E-state index in [1.165, 1.54) is 0 Å². The molecule has 0 saturated heterocycles. The minimum atomic E-state index is -0.759. The molecule has 0 atom stereocenters. The molecule has 100 valence electrons. The van der Waals surface area contributed by atoms with Gasteiger partial charge < -0.3 is 14.4 Å². The smallest absolute Gasteiger partial charge is 0.354 e. The zero-order valence-electron chi connectivity index (χ0n) is 10.6. The van der Waals surface area contributed by atoms with Gasteiger partial charge in [0.1, 0.15) is 5.69 Å². The maximum absolute atomic E-state index is 11.6. The lowest BCUT2D eigenvalue weighted by Gasteiger charge is -2.05. The lowest BCUT2D eigenvalue weighted by molar-refractivity contribution is -0.137. The van der Waals surface area contributed by atoms with E-state index in [0.717, 1.165) is 19.3 Å². The van der Waals surface area contributed by atoms with Gasteiger partial charge in [-0.25, -0.2) is 4.79 Å². The highest BCUT2D eigenvalue weighted by atomic mass is 16.5. The molecule has 0 aliphatic carbocycles. The summed E-state index contributed by atoms with van der Waals surface area (Å²) in [4.78, 5) is 21.9. The highest BCUT2D eigenvalue weighted by Crippen LogP contribution is 2.06. The summed E-state index contributed by atoms with van der Waals surface area (Å²) in [7, 11) is 1.79. The zero-order chi connectivity index (χ0) is 13.4. The number of carbonyl (C=O) groups is 2. The molecule has 1 rings (SSSR count). The third kappa shape index (κ3) is 5.03. The van der Waals surface area contributed by atoms with E-state index < -0.39 is 5.97 Å². The Morgan fingerprint density at radius 2 is 2.00 bits per heavy atom. The van der Waals surface area contributed by atoms with Crippen LogP contribution in [-0.2, 0) is 16.6 Å². The summed E-state index contributed by atoms with van der Waals surface area (Å²) < 4.78 is 6.84. The summed E-state index contributed by atoms with van der Waals surface area (Å²) in [5.41, 5.74) is 0.542. The maximum Gasteiger partial charge on any atom is 0.354 e. The number of hydrogen-bond acceptors (Lipinski definition) is 3. The largest absolute Gasteiger partial charge is 0.481 e. The van der Waals surface area contributed by atoms with Crippen molar-refractivity contribution in [3.05, 3.63) is 24.0 Å². The van der Waals surface area contributed by atoms with Gasteiger partial charge in [-0.15, -0.1) is 0 Å². The second-order valence-electron chi connectivity index (χ2n) is 4.20. The number of carbonyl (C=O) groups excluding carboxylic acids is 1. The topological polar surface area (TPSA) is 68.5 Å². The molecule has 1 aromatic heterocycles. The lowest BCUT2D eigenvalue weighted by atomic mass is 10.1. The van der Waals surface area contributed by atoms with E-state index in [1.54, 1.807) is 29.9 Å². The van der Waals surface area contributed by atoms with E-state index >= 15 is 0 Å². The van der Waals surface area contributed by atoms with Crippen molar-refractivity contribution in [2.24, 2.45) is 7.05 Å². The zero-order valence-corrected chi connectivity index (χ0v) is 10.6. The van der Waals surface area contributed by atoms with Crippen LogP contribution in [0.15, 0.2) is 18.3 Å². The van der Waals surface area contributed by atoms with Crippen LogP contribution in [0.25, 0.3) is 0 Å². The molecule has 0 amide bonds. The van der Waals surface area contributed by atoms with Crippen molar-refractivity contribution in [2.75, 3.05) is 6.61 Å². The third-order valence-corrected chi connectivity index (χ3v) is 2.67. The molecule has 0 aliphatic heterocycles. The second-order valence-corrected chi connectivity index (χ2v) is 4.20. The van der Waals surface area contributed by atoms with Crippen LogP contribution in [0.2, 0.25) is 0 Å². The number of ether oxygens (including phenoxy) is 1. The molecular weight excluding hydrogens is 234 g/mol. The summed E-state index contributed by atoms with van der Waals surface area (Å²) in [5, 5.41) is 8.45. The number of aromatic nitrogens is 1. The Kier molecular flexibility index (Phi) is 5.97. The predicted octanol–water partition coefficient (Wildman–Crippen LogP) is 2.22. The third-order valence-electron chi connectivity index (χ3n) is 2.67. The van der Waals surface area contributed by atoms with Crippen molar-refractivity contribution in [1.82, 2.24) is 4.57 Å². The molecule has 0 aromatic carbocycles. The quantitative estimate of drug-likeness (QED) is 0.569. The summed E-state index contributed by atoms with van der Waals surface area (Å²) in [6, 6.07) is 3.51. The van der Waals surface area contributed by atoms with Crippen molar-refractivity contribution in [2.45, 2.75) is 32.1 Å². The molecule has 5 heteroatoms. The number of hydrogen-bond donors (Lipinski definition) is 1. The minimum Gasteiger partial charge on any atom is -0.481 e. The van der Waals surface area contributed by atoms with Crippen LogP contribution in [0.1, 0.15) is 42.6 Å². The van der Waals surface area contributed by atoms with Crippen molar-refractivity contribution in [1.29, 1.82) is 0 Å². The molecule has 0 aliphatic rings. The summed E-state index contributed by atoms with van der Waals surface area (Å²) in [5.74, 6) is -1.07. The van der Waals surface area contributed by atoms with Gasteiger partial charge in [0.2, 0.25) is 0 Å². The van der Waals surface area contributed by atoms with Crippen molar-refractivity contribution >= 4 is 11.9 Å². The molecule has 0 unspecified atom stereocenters. The number of rotatable bonds is 8. The van der Waals surface area contributed by atoms with E-state index in [9.17, 15) is 9.59 Å². The van der Waals surface area contributed by atoms with E-state index in [0.29, 0.717) is 18.7 Å². The Balaban J connectivity index is 2.06. The average molecular weight is 253 g/mol. The lowest BCUT2D eigenvalue weighted by Crippen LogP contribution is -2.10. The highest BCUT2D eigenvalue weighted by Gasteiger charge is 2.09. The molecule has 0 radical (unpaired) electrons. The number of esters is 1. The molecule has 1 N–H and O–H groups in total. The minimum absolute atomic E-state index is 0.211. The fourth-order valence-electron chi connectivity index (χ4n) is 1.64. The Morgan fingerprint density at radius 3 is 2.61 bits per heavy atom. The van der Waals surface area contributed by atoms with Crippen LogP contribution in [0.4, 0.5) is 0 Å². The van der Waals surface area contributed by atoms with Gasteiger partial charge in [0.05, 0.1) is 6.61 Å². The van der Waals surface area contributed by atoms with Crippen LogP contribution in [-0.4, -0.2) is 28.2 Å². The first kappa shape index (κ1) is 14.3. The van der Waals surface area contributed by atoms with Crippen LogP contribution >= 0.6 is 0 Å². The van der Waals surface area contributed by atoms with Gasteiger partial charge in [0.25, 0.3) is 0 Å². The highest BCUT2D eigenvalue weighted by molar-refractivity contribution is 5.87. The van der Waals surface area contributed by atoms with E-state index in [-0.39, 0.29) is 12.4 Å². The van der Waals surface area contributed by atoms with Gasteiger partial charge in [-0.3, -0.25) is 4.79 Å². The Bertz CT molecular complexity index is 397. The first-order chi connectivity index (χ1) is 8.61. The second kappa shape index (κ2) is 7.53. The Labute approximate surface area is 106 Å². The van der Waals surface area contributed by atoms with E-state index in [1.807, 2.05) is 0 Å². The monoisotopic (exact) mass is 253 g/mol. The van der Waals surface area contributed by atoms with Crippen LogP contribution in [0.3, 0.4) is 0 Å². The fourth-order valence-corrected chi connectivity index (χ4v) is 1.64. The fraction of sp³-hybridized carbons (Fsp3) is 0.538. The predicted molar refractivity (Wildman–Crippen MR) is 66.4 cm³/mol. The van der Waals surface area contributed by atoms with Crippen molar-refractivity contribution in [3.8, 4) is 0 Å².